The van der Waals surface area contributed by atoms with Crippen molar-refractivity contribution in [3.63, 3.8) is 0 Å². The number of nitrogens with zero attached hydrogens (tertiary/aromatic N) is 1. The van der Waals surface area contributed by atoms with E-state index in [2.05, 4.69) is 4.74 Å². The van der Waals surface area contributed by atoms with Crippen molar-refractivity contribution < 1.29 is 28.9 Å². The zero-order valence-corrected chi connectivity index (χ0v) is 13.3. The van der Waals surface area contributed by atoms with Crippen LogP contribution in [0.5, 0.6) is 0 Å². The minimum Gasteiger partial charge on any atom is -0.449 e. The van der Waals surface area contributed by atoms with Gasteiger partial charge in [-0.15, -0.1) is 0 Å². The summed E-state index contributed by atoms with van der Waals surface area (Å²) in [5.41, 5.74) is -0.614. The lowest BCUT2D eigenvalue weighted by atomic mass is 10.1. The number of hydrogen-bond donors (Lipinski definition) is 1. The third-order valence-electron chi connectivity index (χ3n) is 2.70. The molecule has 8 heteroatoms. The monoisotopic (exact) mass is 323 g/mol. The average Bonchev–Trinajstić information content (AvgIpc) is 2.36. The van der Waals surface area contributed by atoms with Crippen molar-refractivity contribution in [2.75, 3.05) is 25.8 Å². The normalized spacial score (nSPS) is 22.8. The van der Waals surface area contributed by atoms with Gasteiger partial charge in [-0.25, -0.2) is 4.79 Å². The number of ether oxygens (including phenoxy) is 3. The summed E-state index contributed by atoms with van der Waals surface area (Å²) in [6, 6.07) is -0.231. The quantitative estimate of drug-likeness (QED) is 0.616. The van der Waals surface area contributed by atoms with Crippen LogP contribution in [0.1, 0.15) is 27.2 Å². The number of hydrogen-bond acceptors (Lipinski definition) is 6. The smallest absolute Gasteiger partial charge is 0.410 e. The summed E-state index contributed by atoms with van der Waals surface area (Å²) in [6.45, 7) is 5.47. The Morgan fingerprint density at radius 3 is 2.48 bits per heavy atom. The second-order valence-corrected chi connectivity index (χ2v) is 6.00. The molecule has 0 aromatic rings. The van der Waals surface area contributed by atoms with Crippen LogP contribution < -0.4 is 0 Å². The summed E-state index contributed by atoms with van der Waals surface area (Å²) < 4.78 is 15.4. The van der Waals surface area contributed by atoms with E-state index in [1.54, 1.807) is 20.8 Å². The van der Waals surface area contributed by atoms with Gasteiger partial charge in [-0.3, -0.25) is 4.79 Å². The highest BCUT2D eigenvalue weighted by molar-refractivity contribution is 6.17. The summed E-state index contributed by atoms with van der Waals surface area (Å²) in [5, 5.41) is 9.24. The molecular formula is C13H22ClNO6. The van der Waals surface area contributed by atoms with Crippen molar-refractivity contribution in [2.45, 2.75) is 45.0 Å². The summed E-state index contributed by atoms with van der Waals surface area (Å²) in [4.78, 5) is 24.9. The van der Waals surface area contributed by atoms with Crippen LogP contribution in [0.15, 0.2) is 0 Å². The topological polar surface area (TPSA) is 85.3 Å². The molecule has 122 valence electrons. The molecule has 0 spiro atoms. The SMILES string of the molecule is CC(C)(C)OC(=O)N1C[C@@H](CO)O[C@@H](CC(=O)OCCl)C1. The maximum atomic E-state index is 12.1. The Morgan fingerprint density at radius 1 is 1.33 bits per heavy atom. The Kier molecular flexibility index (Phi) is 6.70. The van der Waals surface area contributed by atoms with Crippen LogP contribution in [0.4, 0.5) is 4.79 Å². The Labute approximate surface area is 129 Å². The first kappa shape index (κ1) is 18.0. The van der Waals surface area contributed by atoms with Crippen LogP contribution in [0, 0.1) is 0 Å². The van der Waals surface area contributed by atoms with Gasteiger partial charge in [-0.2, -0.15) is 0 Å². The zero-order valence-electron chi connectivity index (χ0n) is 12.5. The van der Waals surface area contributed by atoms with Gasteiger partial charge in [-0.1, -0.05) is 11.6 Å². The number of alkyl halides is 1. The van der Waals surface area contributed by atoms with E-state index in [4.69, 9.17) is 21.1 Å². The van der Waals surface area contributed by atoms with Crippen LogP contribution in [-0.2, 0) is 19.0 Å². The van der Waals surface area contributed by atoms with Crippen LogP contribution in [0.2, 0.25) is 0 Å². The van der Waals surface area contributed by atoms with E-state index >= 15 is 0 Å². The number of aliphatic hydroxyl groups excluding tert-OH is 1. The predicted octanol–water partition coefficient (Wildman–Crippen LogP) is 1.11. The molecule has 1 aliphatic heterocycles. The first-order valence-electron chi connectivity index (χ1n) is 6.71. The highest BCUT2D eigenvalue weighted by Crippen LogP contribution is 2.18. The van der Waals surface area contributed by atoms with Gasteiger partial charge in [-0.05, 0) is 20.8 Å². The molecule has 1 fully saturated rings. The molecule has 1 aliphatic rings. The van der Waals surface area contributed by atoms with Crippen molar-refractivity contribution in [1.82, 2.24) is 4.90 Å². The van der Waals surface area contributed by atoms with E-state index in [1.807, 2.05) is 0 Å². The molecule has 2 atom stereocenters. The third kappa shape index (κ3) is 6.50. The lowest BCUT2D eigenvalue weighted by Crippen LogP contribution is -2.52. The van der Waals surface area contributed by atoms with Gasteiger partial charge in [0, 0.05) is 0 Å². The molecule has 0 bridgehead atoms. The summed E-state index contributed by atoms with van der Waals surface area (Å²) in [7, 11) is 0. The zero-order chi connectivity index (χ0) is 16.0. The highest BCUT2D eigenvalue weighted by atomic mass is 35.5. The molecule has 7 nitrogen and oxygen atoms in total. The molecule has 0 saturated carbocycles. The third-order valence-corrected chi connectivity index (χ3v) is 2.81. The molecule has 1 heterocycles. The number of morpholine rings is 1. The lowest BCUT2D eigenvalue weighted by Gasteiger charge is -2.37. The van der Waals surface area contributed by atoms with Crippen molar-refractivity contribution in [1.29, 1.82) is 0 Å². The van der Waals surface area contributed by atoms with Gasteiger partial charge in [0.05, 0.1) is 38.3 Å². The lowest BCUT2D eigenvalue weighted by molar-refractivity contribution is -0.151. The van der Waals surface area contributed by atoms with Gasteiger partial charge in [0.1, 0.15) is 5.60 Å². The minimum absolute atomic E-state index is 0.0392. The summed E-state index contributed by atoms with van der Waals surface area (Å²) in [5.74, 6) is -0.516. The maximum Gasteiger partial charge on any atom is 0.410 e. The first-order chi connectivity index (χ1) is 9.75. The summed E-state index contributed by atoms with van der Waals surface area (Å²) in [6.07, 6.45) is -1.65. The molecule has 1 saturated heterocycles. The molecule has 0 aliphatic carbocycles. The standard InChI is InChI=1S/C13H22ClNO6/c1-13(2,3)21-12(18)15-5-9(4-11(17)19-8-14)20-10(6-15)7-16/h9-10,16H,4-8H2,1-3H3/t9-,10-/m0/s1. The highest BCUT2D eigenvalue weighted by Gasteiger charge is 2.34. The van der Waals surface area contributed by atoms with Crippen LogP contribution in [-0.4, -0.2) is 65.6 Å². The Hall–Kier alpha value is -1.05. The average molecular weight is 324 g/mol. The Bertz CT molecular complexity index is 370. The molecule has 21 heavy (non-hydrogen) atoms. The molecule has 0 aromatic carbocycles. The number of rotatable bonds is 4. The van der Waals surface area contributed by atoms with Crippen LogP contribution >= 0.6 is 11.6 Å². The van der Waals surface area contributed by atoms with Crippen molar-refractivity contribution in [3.05, 3.63) is 0 Å². The van der Waals surface area contributed by atoms with Crippen molar-refractivity contribution >= 4 is 23.7 Å². The number of aliphatic hydroxyl groups is 1. The molecule has 0 radical (unpaired) electrons. The fourth-order valence-electron chi connectivity index (χ4n) is 1.92. The number of esters is 1. The van der Waals surface area contributed by atoms with E-state index in [0.717, 1.165) is 0 Å². The van der Waals surface area contributed by atoms with E-state index in [0.29, 0.717) is 0 Å². The van der Waals surface area contributed by atoms with Gasteiger partial charge in [0.25, 0.3) is 0 Å². The fraction of sp³-hybridized carbons (Fsp3) is 0.846. The molecule has 1 amide bonds. The van der Waals surface area contributed by atoms with E-state index in [1.165, 1.54) is 4.90 Å². The van der Waals surface area contributed by atoms with E-state index < -0.39 is 29.9 Å². The maximum absolute atomic E-state index is 12.1. The van der Waals surface area contributed by atoms with Crippen molar-refractivity contribution in [2.24, 2.45) is 0 Å². The largest absolute Gasteiger partial charge is 0.449 e. The van der Waals surface area contributed by atoms with Crippen LogP contribution in [0.25, 0.3) is 0 Å². The van der Waals surface area contributed by atoms with E-state index in [9.17, 15) is 14.7 Å². The predicted molar refractivity (Wildman–Crippen MR) is 75.0 cm³/mol. The van der Waals surface area contributed by atoms with Gasteiger partial charge in [0.15, 0.2) is 6.07 Å². The molecular weight excluding hydrogens is 302 g/mol. The molecule has 1 rings (SSSR count). The fourth-order valence-corrected chi connectivity index (χ4v) is 2.04. The van der Waals surface area contributed by atoms with E-state index in [-0.39, 0.29) is 32.2 Å². The minimum atomic E-state index is -0.614. The van der Waals surface area contributed by atoms with Gasteiger partial charge < -0.3 is 24.2 Å². The van der Waals surface area contributed by atoms with Gasteiger partial charge in [0.2, 0.25) is 0 Å². The first-order valence-corrected chi connectivity index (χ1v) is 7.24. The number of carbonyl (C=O) groups excluding carboxylic acids is 2. The summed E-state index contributed by atoms with van der Waals surface area (Å²) >= 11 is 5.31. The Morgan fingerprint density at radius 2 is 1.95 bits per heavy atom. The molecule has 0 unspecified atom stereocenters. The number of carbonyl (C=O) groups is 2. The number of halogens is 1. The van der Waals surface area contributed by atoms with Crippen LogP contribution in [0.3, 0.4) is 0 Å². The van der Waals surface area contributed by atoms with Crippen molar-refractivity contribution in [3.8, 4) is 0 Å². The Balaban J connectivity index is 2.64. The number of amides is 1. The second kappa shape index (κ2) is 7.82. The second-order valence-electron chi connectivity index (χ2n) is 5.78. The van der Waals surface area contributed by atoms with Gasteiger partial charge >= 0.3 is 12.1 Å². The molecule has 0 aromatic heterocycles. The molecule has 1 N–H and O–H groups in total.